The van der Waals surface area contributed by atoms with Gasteiger partial charge in [0.15, 0.2) is 37.2 Å². The lowest BCUT2D eigenvalue weighted by atomic mass is 9.85. The van der Waals surface area contributed by atoms with Gasteiger partial charge in [0.25, 0.3) is 6.10 Å². The maximum Gasteiger partial charge on any atom is 0.443 e. The number of rotatable bonds is 27. The molecule has 0 spiro atoms. The maximum absolute atomic E-state index is 14.0. The molecule has 0 fully saturated rings. The molecule has 0 aliphatic rings. The van der Waals surface area contributed by atoms with Crippen LogP contribution in [0.25, 0.3) is 0 Å². The SMILES string of the molecule is CC(C)(C)c1ccc(C(C(=O)O)C(=O)O)cc1.CC(C)(C)c1ccc(C(F)(C(=O)O)C(=O)O)cc1.CC(C)(C)c1ccc(CC(=O)O)c(C(=O)O)c1.CC(C)(C)c1ccc(OC(C(=O)O)C(=O)O)cc1.CC(C)(C)c1ccc(OC(F)(C(=O)O)C(=O)O)cc1.CC(C)(C)c1ccc(OCC(=O)O)c(C(=O)OO)c1.CC(C)(C)c1ccc(OCC(=O)O)c(OCC(=O)O)c1. The number of carbonyl (C=O) groups excluding carboxylic acids is 1. The Balaban J connectivity index is 0.000000747. The van der Waals surface area contributed by atoms with Crippen molar-refractivity contribution in [1.29, 1.82) is 0 Å². The summed E-state index contributed by atoms with van der Waals surface area (Å²) in [6.45, 7) is 40.1. The van der Waals surface area contributed by atoms with Gasteiger partial charge in [-0.15, -0.1) is 0 Å². The van der Waals surface area contributed by atoms with E-state index in [-0.39, 0.29) is 89.8 Å². The van der Waals surface area contributed by atoms with E-state index in [4.69, 9.17) is 90.6 Å². The van der Waals surface area contributed by atoms with Gasteiger partial charge in [0.05, 0.1) is 12.0 Å². The van der Waals surface area contributed by atoms with Crippen molar-refractivity contribution in [3.63, 3.8) is 0 Å². The second-order valence-electron chi connectivity index (χ2n) is 35.4. The average Bonchev–Trinajstić information content (AvgIpc) is 0.793. The highest BCUT2D eigenvalue weighted by Gasteiger charge is 2.51. The van der Waals surface area contributed by atoms with Crippen LogP contribution in [-0.2, 0) is 112 Å². The van der Waals surface area contributed by atoms with Crippen LogP contribution < -0.4 is 23.7 Å². The van der Waals surface area contributed by atoms with E-state index < -0.39 is 132 Å². The molecule has 34 nitrogen and oxygen atoms in total. The van der Waals surface area contributed by atoms with Gasteiger partial charge in [-0.25, -0.2) is 57.1 Å². The number of carboxylic acid groups (broad SMARTS) is 13. The van der Waals surface area contributed by atoms with E-state index in [1.165, 1.54) is 48.5 Å². The van der Waals surface area contributed by atoms with Crippen molar-refractivity contribution in [2.24, 2.45) is 0 Å². The summed E-state index contributed by atoms with van der Waals surface area (Å²) in [5.41, 5.74) is 2.49. The largest absolute Gasteiger partial charge is 0.481 e. The minimum absolute atomic E-state index is 0.0174. The average molecular weight is 1800 g/mol. The molecule has 7 aromatic carbocycles. The summed E-state index contributed by atoms with van der Waals surface area (Å²) in [5.74, 6) is -25.5. The predicted molar refractivity (Wildman–Crippen MR) is 457 cm³/mol. The molecule has 36 heteroatoms. The fourth-order valence-electron chi connectivity index (χ4n) is 10.4. The van der Waals surface area contributed by atoms with Gasteiger partial charge in [-0.2, -0.15) is 9.65 Å². The highest BCUT2D eigenvalue weighted by atomic mass is 19.2. The maximum atomic E-state index is 14.0. The number of hydrogen-bond acceptors (Lipinski definition) is 21. The topological polar surface area (TPSA) is 578 Å². The number of ether oxygens (including phenoxy) is 5. The lowest BCUT2D eigenvalue weighted by molar-refractivity contribution is -0.191. The van der Waals surface area contributed by atoms with E-state index in [1.807, 2.05) is 145 Å². The molecule has 0 amide bonds. The summed E-state index contributed by atoms with van der Waals surface area (Å²) in [5, 5.41) is 122. The van der Waals surface area contributed by atoms with E-state index in [2.05, 4.69) is 9.62 Å². The van der Waals surface area contributed by atoms with Crippen LogP contribution >= 0.6 is 0 Å². The molecule has 0 bridgehead atoms. The third kappa shape index (κ3) is 36.3. The minimum atomic E-state index is -3.79. The number of halogens is 2. The number of benzene rings is 7. The number of aliphatic carboxylic acids is 12. The Hall–Kier alpha value is -14.1. The van der Waals surface area contributed by atoms with Crippen LogP contribution in [-0.4, -0.2) is 187 Å². The molecule has 0 saturated heterocycles. The molecule has 0 aromatic heterocycles. The summed E-state index contributed by atoms with van der Waals surface area (Å²) in [4.78, 5) is 154. The molecule has 0 radical (unpaired) electrons. The van der Waals surface area contributed by atoms with E-state index in [0.29, 0.717) is 5.56 Å². The third-order valence-electron chi connectivity index (χ3n) is 17.9. The lowest BCUT2D eigenvalue weighted by Crippen LogP contribution is -2.47. The first kappa shape index (κ1) is 112. The van der Waals surface area contributed by atoms with Crippen LogP contribution in [0.1, 0.15) is 228 Å². The van der Waals surface area contributed by atoms with Gasteiger partial charge in [0.2, 0.25) is 0 Å². The minimum Gasteiger partial charge on any atom is -0.481 e. The second kappa shape index (κ2) is 46.8. The molecule has 0 saturated carbocycles. The Labute approximate surface area is 736 Å². The predicted octanol–water partition coefficient (Wildman–Crippen LogP) is 15.0. The quantitative estimate of drug-likeness (QED) is 0.0129. The third-order valence-corrected chi connectivity index (χ3v) is 17.9. The number of carboxylic acids is 13. The van der Waals surface area contributed by atoms with E-state index in [0.717, 1.165) is 38.9 Å². The highest BCUT2D eigenvalue weighted by Crippen LogP contribution is 2.37. The zero-order chi connectivity index (χ0) is 99.3. The molecule has 0 aliphatic carbocycles. The lowest BCUT2D eigenvalue weighted by Gasteiger charge is -2.21. The van der Waals surface area contributed by atoms with Crippen LogP contribution in [0.15, 0.2) is 152 Å². The van der Waals surface area contributed by atoms with Crippen LogP contribution in [0.2, 0.25) is 0 Å². The van der Waals surface area contributed by atoms with Gasteiger partial charge in [-0.1, -0.05) is 242 Å². The van der Waals surface area contributed by atoms with Crippen molar-refractivity contribution in [3.8, 4) is 28.7 Å². The van der Waals surface area contributed by atoms with Gasteiger partial charge in [0.1, 0.15) is 22.8 Å². The van der Waals surface area contributed by atoms with E-state index in [1.54, 1.807) is 103 Å². The number of aromatic carboxylic acids is 1. The highest BCUT2D eigenvalue weighted by molar-refractivity contribution is 6.03. The number of hydrogen-bond donors (Lipinski definition) is 14. The van der Waals surface area contributed by atoms with Gasteiger partial charge in [-0.05, 0) is 143 Å². The molecule has 0 unspecified atom stereocenters. The molecule has 7 aromatic rings. The Morgan fingerprint density at radius 2 is 0.609 bits per heavy atom. The first-order chi connectivity index (χ1) is 58.3. The molecule has 7 rings (SSSR count). The first-order valence-corrected chi connectivity index (χ1v) is 38.6. The summed E-state index contributed by atoms with van der Waals surface area (Å²) >= 11 is 0. The summed E-state index contributed by atoms with van der Waals surface area (Å²) in [6.07, 6.45) is -2.16. The molecule has 0 aliphatic heterocycles. The van der Waals surface area contributed by atoms with Crippen LogP contribution in [0.4, 0.5) is 8.78 Å². The monoisotopic (exact) mass is 1800 g/mol. The van der Waals surface area contributed by atoms with Crippen LogP contribution in [0, 0.1) is 0 Å². The normalized spacial score (nSPS) is 11.5. The summed E-state index contributed by atoms with van der Waals surface area (Å²) < 4.78 is 52.2. The van der Waals surface area contributed by atoms with Crippen molar-refractivity contribution in [3.05, 3.63) is 218 Å². The van der Waals surface area contributed by atoms with Crippen molar-refractivity contribution in [2.75, 3.05) is 19.8 Å². The fourth-order valence-corrected chi connectivity index (χ4v) is 10.4. The molecule has 0 atom stereocenters. The van der Waals surface area contributed by atoms with Gasteiger partial charge in [-0.3, -0.25) is 19.3 Å². The molecular weight excluding hydrogens is 1690 g/mol. The standard InChI is InChI=1S/C14H18O6.C13H15FO5.C13H15FO4.C13H16O6.C13H16O5.2C13H16O4/c1-14(2,3)9-4-5-10(19-7-12(15)16)11(6-9)20-8-13(17)18;1-12(2,3)8-4-6-9(7-5-8)19-13(14,10(15)16)11(17)18;1-12(2,3)8-4-6-9(7-5-8)13(14,10(15)16)11(17)18;1-13(2,3)8-4-5-10(18-7-11(14)15)9(6-8)12(16)19-17;1-13(2,3)8-4-6-9(7-5-8)18-10(11(14)15)12(16)17;1-13(2,3)9-6-4-8(5-7-9)10(11(14)15)12(16)17;1-13(2,3)9-5-4-8(6-11(14)15)10(7-9)12(16)17/h4-6H,7-8H2,1-3H3,(H,15,16)(H,17,18);4-7H,1-3H3,(H,15,16)(H,17,18);4-7H,1-3H3,(H,15,16)(H,17,18);4-6,17H,7H2,1-3H3,(H,14,15);4-7,10H,1-3H3,(H,14,15)(H,16,17);4-7,10H,1-3H3,(H,14,15)(H,16,17);4-5,7H,6H2,1-3H3,(H,14,15)(H,16,17). The van der Waals surface area contributed by atoms with Gasteiger partial charge in [0, 0.05) is 5.56 Å². The first-order valence-electron chi connectivity index (χ1n) is 38.6. The Morgan fingerprint density at radius 1 is 0.312 bits per heavy atom. The van der Waals surface area contributed by atoms with Crippen LogP contribution in [0.3, 0.4) is 0 Å². The van der Waals surface area contributed by atoms with Crippen molar-refractivity contribution in [1.82, 2.24) is 0 Å². The number of alkyl halides is 2. The van der Waals surface area contributed by atoms with Crippen molar-refractivity contribution in [2.45, 2.75) is 213 Å². The summed E-state index contributed by atoms with van der Waals surface area (Å²) in [7, 11) is 0. The van der Waals surface area contributed by atoms with E-state index in [9.17, 15) is 75.9 Å². The van der Waals surface area contributed by atoms with Crippen molar-refractivity contribution < 1.29 is 176 Å². The van der Waals surface area contributed by atoms with E-state index >= 15 is 0 Å². The Morgan fingerprint density at radius 3 is 0.922 bits per heavy atom. The number of carbonyl (C=O) groups is 14. The Bertz CT molecular complexity index is 4980. The zero-order valence-corrected chi connectivity index (χ0v) is 74.6. The molecule has 128 heavy (non-hydrogen) atoms. The molecule has 0 heterocycles. The van der Waals surface area contributed by atoms with Crippen molar-refractivity contribution >= 4 is 83.6 Å². The zero-order valence-electron chi connectivity index (χ0n) is 74.6. The van der Waals surface area contributed by atoms with Gasteiger partial charge < -0.3 is 90.1 Å². The summed E-state index contributed by atoms with van der Waals surface area (Å²) in [6, 6.07) is 39.5. The molecular formula is C92H112F2O34. The Kier molecular flexibility index (Phi) is 40.9. The fraction of sp³-hybridized carbons (Fsp3) is 0.391. The molecule has 14 N–H and O–H groups in total. The van der Waals surface area contributed by atoms with Gasteiger partial charge >= 0.3 is 95.1 Å². The van der Waals surface area contributed by atoms with Crippen LogP contribution in [0.5, 0.6) is 28.7 Å². The second-order valence-corrected chi connectivity index (χ2v) is 35.4. The smallest absolute Gasteiger partial charge is 0.443 e. The molecule has 698 valence electrons.